The minimum atomic E-state index is -2.97. The number of rotatable bonds is 1. The smallest absolute Gasteiger partial charge is 0.226 e. The minimum absolute atomic E-state index is 0.0437. The number of nitrogens with one attached hydrogen (secondary N) is 1. The van der Waals surface area contributed by atoms with E-state index in [1.165, 1.54) is 0 Å². The second-order valence-electron chi connectivity index (χ2n) is 5.36. The molecule has 3 aliphatic rings. The normalized spacial score (nSPS) is 36.4. The Balaban J connectivity index is 1.78. The van der Waals surface area contributed by atoms with Crippen molar-refractivity contribution < 1.29 is 13.2 Å². The third-order valence-electron chi connectivity index (χ3n) is 4.22. The van der Waals surface area contributed by atoms with Gasteiger partial charge in [0.25, 0.3) is 0 Å². The first kappa shape index (κ1) is 11.5. The van der Waals surface area contributed by atoms with E-state index in [-0.39, 0.29) is 35.4 Å². The van der Waals surface area contributed by atoms with Crippen molar-refractivity contribution in [3.8, 4) is 0 Å². The molecule has 5 nitrogen and oxygen atoms in total. The van der Waals surface area contributed by atoms with Crippen LogP contribution in [-0.4, -0.2) is 55.9 Å². The van der Waals surface area contributed by atoms with E-state index in [2.05, 4.69) is 5.32 Å². The van der Waals surface area contributed by atoms with Gasteiger partial charge in [-0.15, -0.1) is 0 Å². The first-order valence-electron chi connectivity index (χ1n) is 6.31. The molecule has 1 amide bonds. The molecule has 0 aromatic heterocycles. The third kappa shape index (κ3) is 1.97. The molecule has 2 atom stereocenters. The molecular weight excluding hydrogens is 240 g/mol. The Kier molecular flexibility index (Phi) is 2.66. The lowest BCUT2D eigenvalue weighted by Gasteiger charge is -2.40. The van der Waals surface area contributed by atoms with Gasteiger partial charge in [0, 0.05) is 25.0 Å². The molecule has 6 heteroatoms. The molecule has 0 aromatic carbocycles. The summed E-state index contributed by atoms with van der Waals surface area (Å²) in [5, 5.41) is 3.22. The Morgan fingerprint density at radius 2 is 2.00 bits per heavy atom. The highest BCUT2D eigenvalue weighted by Crippen LogP contribution is 2.31. The molecule has 0 bridgehead atoms. The molecule has 2 saturated heterocycles. The Morgan fingerprint density at radius 1 is 1.24 bits per heavy atom. The van der Waals surface area contributed by atoms with Crippen LogP contribution in [0, 0.1) is 5.92 Å². The number of fused-ring (bicyclic) bond motifs is 1. The minimum Gasteiger partial charge on any atom is -0.336 e. The van der Waals surface area contributed by atoms with Gasteiger partial charge in [0.2, 0.25) is 5.91 Å². The van der Waals surface area contributed by atoms with Gasteiger partial charge in [-0.2, -0.15) is 0 Å². The van der Waals surface area contributed by atoms with Gasteiger partial charge >= 0.3 is 0 Å². The van der Waals surface area contributed by atoms with Crippen molar-refractivity contribution in [2.45, 2.75) is 31.3 Å². The summed E-state index contributed by atoms with van der Waals surface area (Å²) in [6, 6.07) is -0.167. The first-order valence-corrected chi connectivity index (χ1v) is 8.13. The van der Waals surface area contributed by atoms with Crippen LogP contribution < -0.4 is 5.32 Å². The lowest BCUT2D eigenvalue weighted by Crippen LogP contribution is -2.60. The van der Waals surface area contributed by atoms with Crippen LogP contribution in [-0.2, 0) is 14.6 Å². The summed E-state index contributed by atoms with van der Waals surface area (Å²) in [5.74, 6) is 0.678. The largest absolute Gasteiger partial charge is 0.336 e. The highest BCUT2D eigenvalue weighted by molar-refractivity contribution is 7.91. The molecule has 1 saturated carbocycles. The molecule has 17 heavy (non-hydrogen) atoms. The summed E-state index contributed by atoms with van der Waals surface area (Å²) in [6.45, 7) is 1.38. The second-order valence-corrected chi connectivity index (χ2v) is 7.52. The van der Waals surface area contributed by atoms with Gasteiger partial charge in [-0.1, -0.05) is 6.42 Å². The molecule has 3 rings (SSSR count). The number of piperazine rings is 1. The average molecular weight is 258 g/mol. The molecule has 0 radical (unpaired) electrons. The second kappa shape index (κ2) is 3.95. The Bertz CT molecular complexity index is 430. The van der Waals surface area contributed by atoms with Crippen LogP contribution in [0.1, 0.15) is 19.3 Å². The molecule has 3 fully saturated rings. The van der Waals surface area contributed by atoms with E-state index in [4.69, 9.17) is 0 Å². The predicted molar refractivity (Wildman–Crippen MR) is 63.3 cm³/mol. The topological polar surface area (TPSA) is 66.5 Å². The molecule has 2 heterocycles. The van der Waals surface area contributed by atoms with Gasteiger partial charge in [0.15, 0.2) is 9.84 Å². The quantitative estimate of drug-likeness (QED) is 0.681. The van der Waals surface area contributed by atoms with E-state index in [0.29, 0.717) is 6.54 Å². The van der Waals surface area contributed by atoms with E-state index >= 15 is 0 Å². The Morgan fingerprint density at radius 3 is 2.65 bits per heavy atom. The summed E-state index contributed by atoms with van der Waals surface area (Å²) >= 11 is 0. The summed E-state index contributed by atoms with van der Waals surface area (Å²) in [4.78, 5) is 14.1. The van der Waals surface area contributed by atoms with E-state index in [1.54, 1.807) is 0 Å². The summed E-state index contributed by atoms with van der Waals surface area (Å²) in [5.41, 5.74) is 0. The Labute approximate surface area is 101 Å². The van der Waals surface area contributed by atoms with E-state index < -0.39 is 9.84 Å². The lowest BCUT2D eigenvalue weighted by molar-refractivity contribution is -0.141. The maximum atomic E-state index is 12.2. The lowest BCUT2D eigenvalue weighted by atomic mass is 9.83. The number of hydrogen-bond donors (Lipinski definition) is 1. The van der Waals surface area contributed by atoms with Crippen molar-refractivity contribution in [2.75, 3.05) is 24.6 Å². The van der Waals surface area contributed by atoms with Crippen molar-refractivity contribution in [3.63, 3.8) is 0 Å². The maximum absolute atomic E-state index is 12.2. The third-order valence-corrected chi connectivity index (χ3v) is 5.94. The highest BCUT2D eigenvalue weighted by atomic mass is 32.2. The SMILES string of the molecule is O=C(C1CCC1)N1CCN[C@@H]2CS(=O)(=O)C[C@H]21. The van der Waals surface area contributed by atoms with Gasteiger partial charge in [-0.25, -0.2) is 8.42 Å². The van der Waals surface area contributed by atoms with E-state index in [0.717, 1.165) is 25.8 Å². The Hall–Kier alpha value is -0.620. The van der Waals surface area contributed by atoms with Gasteiger partial charge in [0.1, 0.15) is 0 Å². The van der Waals surface area contributed by atoms with E-state index in [1.807, 2.05) is 4.90 Å². The van der Waals surface area contributed by atoms with Crippen LogP contribution in [0.4, 0.5) is 0 Å². The average Bonchev–Trinajstić information content (AvgIpc) is 2.47. The van der Waals surface area contributed by atoms with E-state index in [9.17, 15) is 13.2 Å². The van der Waals surface area contributed by atoms with Gasteiger partial charge in [-0.05, 0) is 12.8 Å². The van der Waals surface area contributed by atoms with Crippen LogP contribution >= 0.6 is 0 Å². The van der Waals surface area contributed by atoms with Crippen LogP contribution in [0.3, 0.4) is 0 Å². The fourth-order valence-corrected chi connectivity index (χ4v) is 4.99. The molecule has 96 valence electrons. The zero-order chi connectivity index (χ0) is 12.0. The van der Waals surface area contributed by atoms with Crippen LogP contribution in [0.2, 0.25) is 0 Å². The fourth-order valence-electron chi connectivity index (χ4n) is 3.03. The van der Waals surface area contributed by atoms with Crippen molar-refractivity contribution in [1.82, 2.24) is 10.2 Å². The zero-order valence-electron chi connectivity index (χ0n) is 9.76. The molecule has 0 unspecified atom stereocenters. The van der Waals surface area contributed by atoms with Crippen molar-refractivity contribution in [1.29, 1.82) is 0 Å². The number of sulfone groups is 1. The van der Waals surface area contributed by atoms with Crippen molar-refractivity contribution in [3.05, 3.63) is 0 Å². The maximum Gasteiger partial charge on any atom is 0.226 e. The monoisotopic (exact) mass is 258 g/mol. The van der Waals surface area contributed by atoms with Crippen molar-refractivity contribution in [2.24, 2.45) is 5.92 Å². The first-order chi connectivity index (χ1) is 8.07. The molecule has 1 aliphatic carbocycles. The summed E-state index contributed by atoms with van der Waals surface area (Å²) in [7, 11) is -2.97. The van der Waals surface area contributed by atoms with Crippen LogP contribution in [0.5, 0.6) is 0 Å². The molecule has 0 spiro atoms. The number of carbonyl (C=O) groups is 1. The van der Waals surface area contributed by atoms with Crippen LogP contribution in [0.15, 0.2) is 0 Å². The number of hydrogen-bond acceptors (Lipinski definition) is 4. The predicted octanol–water partition coefficient (Wildman–Crippen LogP) is -0.616. The molecule has 1 N–H and O–H groups in total. The molecule has 2 aliphatic heterocycles. The van der Waals surface area contributed by atoms with Crippen molar-refractivity contribution >= 4 is 15.7 Å². The molecule has 0 aromatic rings. The molecular formula is C11H18N2O3S. The van der Waals surface area contributed by atoms with Gasteiger partial charge in [-0.3, -0.25) is 4.79 Å². The number of nitrogens with zero attached hydrogens (tertiary/aromatic N) is 1. The highest BCUT2D eigenvalue weighted by Gasteiger charge is 2.46. The van der Waals surface area contributed by atoms with Crippen LogP contribution in [0.25, 0.3) is 0 Å². The summed E-state index contributed by atoms with van der Waals surface area (Å²) in [6.07, 6.45) is 3.09. The fraction of sp³-hybridized carbons (Fsp3) is 0.909. The van der Waals surface area contributed by atoms with Gasteiger partial charge < -0.3 is 10.2 Å². The van der Waals surface area contributed by atoms with Gasteiger partial charge in [0.05, 0.1) is 17.5 Å². The number of amides is 1. The standard InChI is InChI=1S/C11H18N2O3S/c14-11(8-2-1-3-8)13-5-4-12-9-6-17(15,16)7-10(9)13/h8-10,12H,1-7H2/t9-,10-/m1/s1. The zero-order valence-corrected chi connectivity index (χ0v) is 10.6. The number of carbonyl (C=O) groups excluding carboxylic acids is 1. The summed E-state index contributed by atoms with van der Waals surface area (Å²) < 4.78 is 23.3.